The molecule has 108 valence electrons. The van der Waals surface area contributed by atoms with E-state index in [0.29, 0.717) is 17.4 Å². The summed E-state index contributed by atoms with van der Waals surface area (Å²) in [5.41, 5.74) is 7.41. The van der Waals surface area contributed by atoms with Crippen LogP contribution < -0.4 is 10.6 Å². The first-order chi connectivity index (χ1) is 9.61. The van der Waals surface area contributed by atoms with E-state index in [2.05, 4.69) is 15.0 Å². The second-order valence-corrected chi connectivity index (χ2v) is 5.79. The Morgan fingerprint density at radius 1 is 1.45 bits per heavy atom. The summed E-state index contributed by atoms with van der Waals surface area (Å²) >= 11 is 0. The first-order valence-corrected chi connectivity index (χ1v) is 6.98. The van der Waals surface area contributed by atoms with Crippen LogP contribution in [0.15, 0.2) is 17.4 Å². The molecule has 1 saturated carbocycles. The van der Waals surface area contributed by atoms with Crippen molar-refractivity contribution in [2.45, 2.75) is 25.9 Å². The van der Waals surface area contributed by atoms with Crippen LogP contribution >= 0.6 is 0 Å². The van der Waals surface area contributed by atoms with E-state index in [4.69, 9.17) is 10.9 Å². The number of aryl methyl sites for hydroxylation is 1. The standard InChI is InChI=1S/C14H20N4O2/c1-8-4-5-16-14(12(8)13(15)17-20)18-6-9-2-3-11(19)10(9)7-18/h4-5,9-11,19-20H,2-3,6-7H2,1H3,(H2,15,17). The Morgan fingerprint density at radius 3 is 2.95 bits per heavy atom. The molecular formula is C14H20N4O2. The van der Waals surface area contributed by atoms with Crippen molar-refractivity contribution in [3.63, 3.8) is 0 Å². The summed E-state index contributed by atoms with van der Waals surface area (Å²) in [7, 11) is 0. The molecule has 1 aliphatic heterocycles. The summed E-state index contributed by atoms with van der Waals surface area (Å²) in [6, 6.07) is 1.85. The van der Waals surface area contributed by atoms with Gasteiger partial charge in [-0.1, -0.05) is 5.16 Å². The van der Waals surface area contributed by atoms with E-state index < -0.39 is 0 Å². The highest BCUT2D eigenvalue weighted by Gasteiger charge is 2.42. The summed E-state index contributed by atoms with van der Waals surface area (Å²) in [5.74, 6) is 1.68. The summed E-state index contributed by atoms with van der Waals surface area (Å²) in [6.07, 6.45) is 3.50. The van der Waals surface area contributed by atoms with Gasteiger partial charge in [-0.15, -0.1) is 0 Å². The molecule has 4 N–H and O–H groups in total. The van der Waals surface area contributed by atoms with Gasteiger partial charge in [-0.25, -0.2) is 4.98 Å². The summed E-state index contributed by atoms with van der Waals surface area (Å²) in [6.45, 7) is 3.59. The highest BCUT2D eigenvalue weighted by Crippen LogP contribution is 2.40. The van der Waals surface area contributed by atoms with Crippen LogP contribution in [0.1, 0.15) is 24.0 Å². The average molecular weight is 276 g/mol. The maximum absolute atomic E-state index is 10.0. The maximum Gasteiger partial charge on any atom is 0.174 e. The summed E-state index contributed by atoms with van der Waals surface area (Å²) < 4.78 is 0. The van der Waals surface area contributed by atoms with Crippen LogP contribution in [0, 0.1) is 18.8 Å². The molecule has 0 spiro atoms. The van der Waals surface area contributed by atoms with Crippen molar-refractivity contribution in [3.8, 4) is 0 Å². The van der Waals surface area contributed by atoms with Crippen LogP contribution in [0.3, 0.4) is 0 Å². The van der Waals surface area contributed by atoms with Gasteiger partial charge in [0.2, 0.25) is 0 Å². The second kappa shape index (κ2) is 4.94. The lowest BCUT2D eigenvalue weighted by molar-refractivity contribution is 0.133. The van der Waals surface area contributed by atoms with E-state index in [1.54, 1.807) is 6.20 Å². The second-order valence-electron chi connectivity index (χ2n) is 5.79. The van der Waals surface area contributed by atoms with Gasteiger partial charge in [-0.05, 0) is 37.3 Å². The molecule has 0 radical (unpaired) electrons. The number of nitrogens with zero attached hydrogens (tertiary/aromatic N) is 3. The van der Waals surface area contributed by atoms with Gasteiger partial charge in [0.05, 0.1) is 11.7 Å². The number of aromatic nitrogens is 1. The van der Waals surface area contributed by atoms with Crippen LogP contribution in [0.5, 0.6) is 0 Å². The Morgan fingerprint density at radius 2 is 2.25 bits per heavy atom. The van der Waals surface area contributed by atoms with Gasteiger partial charge >= 0.3 is 0 Å². The molecule has 3 unspecified atom stereocenters. The van der Waals surface area contributed by atoms with Gasteiger partial charge in [-0.2, -0.15) is 0 Å². The van der Waals surface area contributed by atoms with Gasteiger partial charge < -0.3 is 20.9 Å². The van der Waals surface area contributed by atoms with Crippen molar-refractivity contribution in [1.82, 2.24) is 4.98 Å². The lowest BCUT2D eigenvalue weighted by Gasteiger charge is -2.22. The molecular weight excluding hydrogens is 256 g/mol. The van der Waals surface area contributed by atoms with E-state index in [9.17, 15) is 5.11 Å². The molecule has 20 heavy (non-hydrogen) atoms. The average Bonchev–Trinajstić information content (AvgIpc) is 3.00. The van der Waals surface area contributed by atoms with Crippen molar-refractivity contribution in [3.05, 3.63) is 23.4 Å². The normalized spacial score (nSPS) is 29.8. The van der Waals surface area contributed by atoms with Crippen LogP contribution in [0.25, 0.3) is 0 Å². The molecule has 0 bridgehead atoms. The molecule has 1 aromatic heterocycles. The first-order valence-electron chi connectivity index (χ1n) is 6.98. The van der Waals surface area contributed by atoms with Crippen molar-refractivity contribution < 1.29 is 10.3 Å². The fourth-order valence-electron chi connectivity index (χ4n) is 3.56. The fraction of sp³-hybridized carbons (Fsp3) is 0.571. The largest absolute Gasteiger partial charge is 0.409 e. The van der Waals surface area contributed by atoms with Gasteiger partial charge in [-0.3, -0.25) is 0 Å². The number of rotatable bonds is 2. The quantitative estimate of drug-likeness (QED) is 0.320. The highest BCUT2D eigenvalue weighted by atomic mass is 16.4. The Labute approximate surface area is 117 Å². The van der Waals surface area contributed by atoms with E-state index in [-0.39, 0.29) is 11.9 Å². The molecule has 2 fully saturated rings. The smallest absolute Gasteiger partial charge is 0.174 e. The van der Waals surface area contributed by atoms with Crippen LogP contribution in [0.2, 0.25) is 0 Å². The zero-order valence-corrected chi connectivity index (χ0v) is 11.5. The lowest BCUT2D eigenvalue weighted by Crippen LogP contribution is -2.28. The molecule has 2 aliphatic rings. The zero-order valence-electron chi connectivity index (χ0n) is 11.5. The van der Waals surface area contributed by atoms with Crippen molar-refractivity contribution in [2.75, 3.05) is 18.0 Å². The number of aliphatic hydroxyl groups excluding tert-OH is 1. The van der Waals surface area contributed by atoms with Gasteiger partial charge in [0.15, 0.2) is 5.84 Å². The topological polar surface area (TPSA) is 95.0 Å². The van der Waals surface area contributed by atoms with Crippen LogP contribution in [-0.4, -0.2) is 40.3 Å². The molecule has 0 amide bonds. The highest BCUT2D eigenvalue weighted by molar-refractivity contribution is 6.02. The molecule has 1 aliphatic carbocycles. The minimum absolute atomic E-state index is 0.0863. The SMILES string of the molecule is Cc1ccnc(N2CC3CCC(O)C3C2)c1/C(N)=N/O. The number of fused-ring (bicyclic) bond motifs is 1. The number of hydrogen-bond acceptors (Lipinski definition) is 5. The number of oxime groups is 1. The van der Waals surface area contributed by atoms with E-state index in [1.165, 1.54) is 0 Å². The monoisotopic (exact) mass is 276 g/mol. The molecule has 3 atom stereocenters. The van der Waals surface area contributed by atoms with Gasteiger partial charge in [0.1, 0.15) is 5.82 Å². The zero-order chi connectivity index (χ0) is 14.3. The maximum atomic E-state index is 10.0. The predicted molar refractivity (Wildman–Crippen MR) is 75.9 cm³/mol. The van der Waals surface area contributed by atoms with Crippen LogP contribution in [0.4, 0.5) is 5.82 Å². The van der Waals surface area contributed by atoms with Crippen molar-refractivity contribution >= 4 is 11.7 Å². The molecule has 1 saturated heterocycles. The van der Waals surface area contributed by atoms with Crippen molar-refractivity contribution in [1.29, 1.82) is 0 Å². The third-order valence-corrected chi connectivity index (χ3v) is 4.62. The van der Waals surface area contributed by atoms with Gasteiger partial charge in [0.25, 0.3) is 0 Å². The van der Waals surface area contributed by atoms with Gasteiger partial charge in [0, 0.05) is 25.2 Å². The lowest BCUT2D eigenvalue weighted by atomic mass is 10.00. The Hall–Kier alpha value is -1.82. The molecule has 0 aromatic carbocycles. The van der Waals surface area contributed by atoms with E-state index in [1.807, 2.05) is 13.0 Å². The Balaban J connectivity index is 1.94. The number of pyridine rings is 1. The summed E-state index contributed by atoms with van der Waals surface area (Å²) in [5, 5.41) is 22.1. The molecule has 3 rings (SSSR count). The molecule has 6 nitrogen and oxygen atoms in total. The van der Waals surface area contributed by atoms with E-state index in [0.717, 1.165) is 37.3 Å². The third-order valence-electron chi connectivity index (χ3n) is 4.62. The number of aliphatic hydroxyl groups is 1. The predicted octanol–water partition coefficient (Wildman–Crippen LogP) is 0.692. The number of nitrogens with two attached hydrogens (primary N) is 1. The molecule has 2 heterocycles. The van der Waals surface area contributed by atoms with Crippen LogP contribution in [-0.2, 0) is 0 Å². The molecule has 6 heteroatoms. The third kappa shape index (κ3) is 2.00. The minimum Gasteiger partial charge on any atom is -0.409 e. The minimum atomic E-state index is -0.206. The fourth-order valence-corrected chi connectivity index (χ4v) is 3.56. The Bertz CT molecular complexity index is 546. The number of anilines is 1. The molecule has 1 aromatic rings. The van der Waals surface area contributed by atoms with Crippen molar-refractivity contribution in [2.24, 2.45) is 22.7 Å². The first kappa shape index (κ1) is 13.2. The van der Waals surface area contributed by atoms with E-state index >= 15 is 0 Å². The number of hydrogen-bond donors (Lipinski definition) is 3. The number of amidine groups is 1. The summed E-state index contributed by atoms with van der Waals surface area (Å²) in [4.78, 5) is 6.57. The Kier molecular flexibility index (Phi) is 3.25.